The van der Waals surface area contributed by atoms with E-state index < -0.39 is 12.2 Å². The summed E-state index contributed by atoms with van der Waals surface area (Å²) < 4.78 is 32.4. The van der Waals surface area contributed by atoms with Crippen molar-refractivity contribution in [2.75, 3.05) is 0 Å². The van der Waals surface area contributed by atoms with Crippen LogP contribution in [0.4, 0.5) is 0 Å². The van der Waals surface area contributed by atoms with Crippen molar-refractivity contribution >= 4 is 0 Å². The van der Waals surface area contributed by atoms with Crippen LogP contribution >= 0.6 is 0 Å². The molecule has 0 aliphatic carbocycles. The van der Waals surface area contributed by atoms with Crippen LogP contribution in [0.15, 0.2) is 146 Å². The predicted octanol–water partition coefficient (Wildman–Crippen LogP) is 9.35. The second-order valence-corrected chi connectivity index (χ2v) is 12.5. The number of aliphatic hydroxyl groups excluding tert-OH is 1. The van der Waals surface area contributed by atoms with Crippen LogP contribution in [-0.2, 0) is 32.8 Å². The van der Waals surface area contributed by atoms with Gasteiger partial charge in [-0.25, -0.2) is 0 Å². The van der Waals surface area contributed by atoms with Crippen LogP contribution in [0.5, 0.6) is 28.7 Å². The molecule has 0 spiro atoms. The summed E-state index contributed by atoms with van der Waals surface area (Å²) in [6.07, 6.45) is -1.19. The zero-order valence-corrected chi connectivity index (χ0v) is 28.0. The topological polar surface area (TPSA) is 66.4 Å². The molecular formula is C44H40O6. The molecule has 0 bridgehead atoms. The fourth-order valence-corrected chi connectivity index (χ4v) is 6.06. The van der Waals surface area contributed by atoms with Gasteiger partial charge in [-0.2, -0.15) is 0 Å². The number of ether oxygens (including phenoxy) is 5. The second kappa shape index (κ2) is 15.7. The summed E-state index contributed by atoms with van der Waals surface area (Å²) in [5.41, 5.74) is 6.68. The van der Waals surface area contributed by atoms with Crippen molar-refractivity contribution in [1.29, 1.82) is 0 Å². The lowest BCUT2D eigenvalue weighted by atomic mass is 9.93. The molecule has 6 aromatic rings. The van der Waals surface area contributed by atoms with Crippen molar-refractivity contribution in [2.45, 2.75) is 52.0 Å². The molecule has 0 unspecified atom stereocenters. The van der Waals surface area contributed by atoms with Crippen LogP contribution in [0.25, 0.3) is 0 Å². The molecule has 0 saturated heterocycles. The zero-order valence-electron chi connectivity index (χ0n) is 28.0. The summed E-state index contributed by atoms with van der Waals surface area (Å²) in [6.45, 7) is 3.41. The largest absolute Gasteiger partial charge is 0.488 e. The van der Waals surface area contributed by atoms with Crippen molar-refractivity contribution < 1.29 is 28.8 Å². The number of benzene rings is 6. The van der Waals surface area contributed by atoms with Gasteiger partial charge < -0.3 is 28.8 Å². The van der Waals surface area contributed by atoms with Gasteiger partial charge in [-0.05, 0) is 59.0 Å². The van der Waals surface area contributed by atoms with Gasteiger partial charge in [0.1, 0.15) is 37.9 Å². The highest BCUT2D eigenvalue weighted by molar-refractivity contribution is 5.56. The average molecular weight is 665 g/mol. The molecule has 1 heterocycles. The smallest absolute Gasteiger partial charge is 0.203 e. The van der Waals surface area contributed by atoms with E-state index in [0.717, 1.165) is 38.9 Å². The quantitative estimate of drug-likeness (QED) is 0.133. The van der Waals surface area contributed by atoms with E-state index in [-0.39, 0.29) is 0 Å². The first-order valence-electron chi connectivity index (χ1n) is 16.9. The van der Waals surface area contributed by atoms with Crippen LogP contribution in [0.3, 0.4) is 0 Å². The first-order chi connectivity index (χ1) is 24.6. The second-order valence-electron chi connectivity index (χ2n) is 12.5. The van der Waals surface area contributed by atoms with Gasteiger partial charge in [0.15, 0.2) is 17.6 Å². The molecule has 1 aliphatic rings. The summed E-state index contributed by atoms with van der Waals surface area (Å²) >= 11 is 0. The Morgan fingerprint density at radius 1 is 0.540 bits per heavy atom. The van der Waals surface area contributed by atoms with Crippen LogP contribution in [0, 0.1) is 6.92 Å². The Hall–Kier alpha value is -5.72. The third kappa shape index (κ3) is 8.11. The molecule has 252 valence electrons. The average Bonchev–Trinajstić information content (AvgIpc) is 3.16. The molecule has 6 nitrogen and oxygen atoms in total. The number of hydrogen-bond acceptors (Lipinski definition) is 6. The molecule has 2 atom stereocenters. The minimum Gasteiger partial charge on any atom is -0.488 e. The maximum atomic E-state index is 11.7. The SMILES string of the molecule is Cc1cc(OCc2ccccc2)c2c(c1)O[C@H](c1cc(OCc3ccccc3)c(OCc3ccccc3)c(OCc3ccccc3)c1)[C@@H](O)C2. The fourth-order valence-electron chi connectivity index (χ4n) is 6.06. The van der Waals surface area contributed by atoms with Gasteiger partial charge in [-0.1, -0.05) is 121 Å². The molecule has 6 aromatic carbocycles. The van der Waals surface area contributed by atoms with E-state index in [2.05, 4.69) is 0 Å². The van der Waals surface area contributed by atoms with Crippen molar-refractivity contribution in [3.05, 3.63) is 185 Å². The standard InChI is InChI=1S/C44H40O6/c1-31-22-39(46-27-32-14-6-2-7-15-32)37-26-38(45)43(50-40(37)23-31)36-24-41(47-28-33-16-8-3-9-17-33)44(49-30-35-20-12-5-13-21-35)42(25-36)48-29-34-18-10-4-11-19-34/h2-25,38,43,45H,26-30H2,1H3/t38-,43+/m0/s1. The fraction of sp³-hybridized carbons (Fsp3) is 0.182. The highest BCUT2D eigenvalue weighted by Crippen LogP contribution is 2.46. The lowest BCUT2D eigenvalue weighted by molar-refractivity contribution is 0.0193. The Morgan fingerprint density at radius 3 is 1.42 bits per heavy atom. The monoisotopic (exact) mass is 664 g/mol. The van der Waals surface area contributed by atoms with Gasteiger partial charge in [0.05, 0.1) is 6.10 Å². The molecule has 1 aliphatic heterocycles. The minimum atomic E-state index is -0.857. The molecule has 1 N–H and O–H groups in total. The molecule has 0 radical (unpaired) electrons. The number of rotatable bonds is 13. The van der Waals surface area contributed by atoms with E-state index in [4.69, 9.17) is 23.7 Å². The predicted molar refractivity (Wildman–Crippen MR) is 194 cm³/mol. The summed E-state index contributed by atoms with van der Waals surface area (Å²) in [5, 5.41) is 11.7. The number of hydrogen-bond donors (Lipinski definition) is 1. The maximum absolute atomic E-state index is 11.7. The van der Waals surface area contributed by atoms with E-state index in [0.29, 0.717) is 61.6 Å². The molecule has 7 rings (SSSR count). The normalized spacial score (nSPS) is 15.0. The highest BCUT2D eigenvalue weighted by Gasteiger charge is 2.34. The minimum absolute atomic E-state index is 0.322. The summed E-state index contributed by atoms with van der Waals surface area (Å²) in [5.74, 6) is 2.89. The third-order valence-corrected chi connectivity index (χ3v) is 8.64. The number of aryl methyl sites for hydroxylation is 1. The Morgan fingerprint density at radius 2 is 0.960 bits per heavy atom. The Kier molecular flexibility index (Phi) is 10.3. The number of fused-ring (bicyclic) bond motifs is 1. The van der Waals surface area contributed by atoms with E-state index in [1.165, 1.54) is 0 Å². The van der Waals surface area contributed by atoms with Crippen molar-refractivity contribution in [1.82, 2.24) is 0 Å². The molecular weight excluding hydrogens is 624 g/mol. The summed E-state index contributed by atoms with van der Waals surface area (Å²) in [4.78, 5) is 0. The van der Waals surface area contributed by atoms with Gasteiger partial charge in [-0.15, -0.1) is 0 Å². The van der Waals surface area contributed by atoms with Crippen LogP contribution in [-0.4, -0.2) is 11.2 Å². The van der Waals surface area contributed by atoms with E-state index in [1.807, 2.05) is 153 Å². The van der Waals surface area contributed by atoms with Gasteiger partial charge in [0.2, 0.25) is 5.75 Å². The third-order valence-electron chi connectivity index (χ3n) is 8.64. The Balaban J connectivity index is 1.23. The van der Waals surface area contributed by atoms with Crippen LogP contribution in [0.2, 0.25) is 0 Å². The number of aliphatic hydroxyl groups is 1. The Labute approximate surface area is 293 Å². The van der Waals surface area contributed by atoms with Gasteiger partial charge >= 0.3 is 0 Å². The molecule has 50 heavy (non-hydrogen) atoms. The zero-order chi connectivity index (χ0) is 34.1. The molecule has 0 fully saturated rings. The van der Waals surface area contributed by atoms with E-state index in [1.54, 1.807) is 0 Å². The van der Waals surface area contributed by atoms with Crippen molar-refractivity contribution in [2.24, 2.45) is 0 Å². The lowest BCUT2D eigenvalue weighted by Crippen LogP contribution is -2.31. The molecule has 0 amide bonds. The van der Waals surface area contributed by atoms with Crippen LogP contribution in [0.1, 0.15) is 45.0 Å². The van der Waals surface area contributed by atoms with Gasteiger partial charge in [0.25, 0.3) is 0 Å². The summed E-state index contributed by atoms with van der Waals surface area (Å²) in [7, 11) is 0. The van der Waals surface area contributed by atoms with E-state index in [9.17, 15) is 5.11 Å². The van der Waals surface area contributed by atoms with Crippen LogP contribution < -0.4 is 23.7 Å². The maximum Gasteiger partial charge on any atom is 0.203 e. The first-order valence-corrected chi connectivity index (χ1v) is 16.9. The molecule has 0 saturated carbocycles. The van der Waals surface area contributed by atoms with Gasteiger partial charge in [0, 0.05) is 17.5 Å². The molecule has 0 aromatic heterocycles. The molecule has 6 heteroatoms. The van der Waals surface area contributed by atoms with Gasteiger partial charge in [-0.3, -0.25) is 0 Å². The van der Waals surface area contributed by atoms with E-state index >= 15 is 0 Å². The Bertz CT molecular complexity index is 1920. The lowest BCUT2D eigenvalue weighted by Gasteiger charge is -2.33. The van der Waals surface area contributed by atoms with Crippen molar-refractivity contribution in [3.63, 3.8) is 0 Å². The summed E-state index contributed by atoms with van der Waals surface area (Å²) in [6, 6.07) is 47.8. The van der Waals surface area contributed by atoms with Crippen molar-refractivity contribution in [3.8, 4) is 28.7 Å². The highest BCUT2D eigenvalue weighted by atomic mass is 16.5. The first kappa shape index (κ1) is 32.8.